The molecule has 1 unspecified atom stereocenters. The maximum atomic E-state index is 10.2. The van der Waals surface area contributed by atoms with Crippen molar-refractivity contribution >= 4 is 18.6 Å². The number of carboxylic acid groups (broad SMARTS) is 1. The van der Waals surface area contributed by atoms with Gasteiger partial charge in [-0.05, 0) is 6.42 Å². The fraction of sp³-hybridized carbons (Fsp3) is 0.833. The van der Waals surface area contributed by atoms with Gasteiger partial charge in [0.15, 0.2) is 0 Å². The number of hydrogen-bond donors (Lipinski definition) is 3. The lowest BCUT2D eigenvalue weighted by Crippen LogP contribution is -2.35. The zero-order valence-corrected chi connectivity index (χ0v) is 7.06. The Morgan fingerprint density at radius 2 is 2.20 bits per heavy atom. The molecule has 0 aliphatic carbocycles. The van der Waals surface area contributed by atoms with E-state index in [1.165, 1.54) is 0 Å². The molecule has 0 bridgehead atoms. The first kappa shape index (κ1) is 9.78. The minimum absolute atomic E-state index is 0.308. The zero-order valence-electron chi connectivity index (χ0n) is 6.16. The predicted octanol–water partition coefficient (Wildman–Crippen LogP) is 0.497. The molecule has 4 heteroatoms. The number of thiol groups is 1. The molecular formula is C6H13NO2S. The summed E-state index contributed by atoms with van der Waals surface area (Å²) in [6, 6.07) is -0.799. The normalized spacial score (nSPS) is 14.8. The molecule has 0 saturated carbocycles. The Balaban J connectivity index is 3.80. The van der Waals surface area contributed by atoms with Crippen LogP contribution >= 0.6 is 12.6 Å². The third-order valence-electron chi connectivity index (χ3n) is 1.04. The Morgan fingerprint density at radius 3 is 2.30 bits per heavy atom. The Kier molecular flexibility index (Phi) is 3.18. The summed E-state index contributed by atoms with van der Waals surface area (Å²) in [6.45, 7) is 3.66. The van der Waals surface area contributed by atoms with E-state index in [0.29, 0.717) is 6.42 Å². The first-order valence-electron chi connectivity index (χ1n) is 3.04. The van der Waals surface area contributed by atoms with Crippen molar-refractivity contribution in [1.82, 2.24) is 0 Å². The van der Waals surface area contributed by atoms with E-state index < -0.39 is 12.0 Å². The van der Waals surface area contributed by atoms with Crippen LogP contribution in [0.2, 0.25) is 0 Å². The van der Waals surface area contributed by atoms with Crippen molar-refractivity contribution in [2.75, 3.05) is 0 Å². The Morgan fingerprint density at radius 1 is 1.80 bits per heavy atom. The van der Waals surface area contributed by atoms with Gasteiger partial charge in [0.25, 0.3) is 0 Å². The predicted molar refractivity (Wildman–Crippen MR) is 43.3 cm³/mol. The minimum atomic E-state index is -0.970. The van der Waals surface area contributed by atoms with Gasteiger partial charge in [0.05, 0.1) is 0 Å². The molecule has 0 amide bonds. The number of rotatable bonds is 3. The van der Waals surface area contributed by atoms with Crippen molar-refractivity contribution in [1.29, 1.82) is 0 Å². The van der Waals surface area contributed by atoms with Crippen molar-refractivity contribution in [3.63, 3.8) is 0 Å². The Labute approximate surface area is 66.0 Å². The Bertz CT molecular complexity index is 130. The fourth-order valence-corrected chi connectivity index (χ4v) is 0.822. The molecule has 10 heavy (non-hydrogen) atoms. The van der Waals surface area contributed by atoms with Crippen molar-refractivity contribution in [2.24, 2.45) is 5.73 Å². The van der Waals surface area contributed by atoms with Crippen LogP contribution in [-0.2, 0) is 4.79 Å². The molecule has 0 heterocycles. The van der Waals surface area contributed by atoms with Gasteiger partial charge < -0.3 is 10.8 Å². The molecule has 3 N–H and O–H groups in total. The van der Waals surface area contributed by atoms with Crippen molar-refractivity contribution in [3.8, 4) is 0 Å². The SMILES string of the molecule is CC(C)(S)CC(N)C(=O)O. The minimum Gasteiger partial charge on any atom is -0.480 e. The Hall–Kier alpha value is -0.220. The second-order valence-corrected chi connectivity index (χ2v) is 4.17. The molecule has 0 fully saturated rings. The van der Waals surface area contributed by atoms with Gasteiger partial charge in [0.1, 0.15) is 6.04 Å². The molecule has 0 aromatic heterocycles. The first-order valence-corrected chi connectivity index (χ1v) is 3.48. The maximum absolute atomic E-state index is 10.2. The highest BCUT2D eigenvalue weighted by molar-refractivity contribution is 7.81. The number of hydrogen-bond acceptors (Lipinski definition) is 3. The van der Waals surface area contributed by atoms with Gasteiger partial charge >= 0.3 is 5.97 Å². The summed E-state index contributed by atoms with van der Waals surface area (Å²) in [6.07, 6.45) is 0.380. The molecule has 0 aromatic rings. The molecule has 0 aliphatic heterocycles. The molecule has 0 spiro atoms. The summed E-state index contributed by atoms with van der Waals surface area (Å²) in [5.74, 6) is -0.970. The maximum Gasteiger partial charge on any atom is 0.320 e. The van der Waals surface area contributed by atoms with E-state index in [4.69, 9.17) is 10.8 Å². The lowest BCUT2D eigenvalue weighted by Gasteiger charge is -2.19. The van der Waals surface area contributed by atoms with Gasteiger partial charge in [0, 0.05) is 4.75 Å². The summed E-state index contributed by atoms with van der Waals surface area (Å²) in [5, 5.41) is 8.39. The summed E-state index contributed by atoms with van der Waals surface area (Å²) in [4.78, 5) is 10.2. The van der Waals surface area contributed by atoms with Crippen LogP contribution in [0.4, 0.5) is 0 Å². The average molecular weight is 163 g/mol. The van der Waals surface area contributed by atoms with Crippen molar-refractivity contribution in [2.45, 2.75) is 31.1 Å². The van der Waals surface area contributed by atoms with Gasteiger partial charge in [0.2, 0.25) is 0 Å². The van der Waals surface area contributed by atoms with Crippen LogP contribution in [0.15, 0.2) is 0 Å². The molecular weight excluding hydrogens is 150 g/mol. The second kappa shape index (κ2) is 3.25. The van der Waals surface area contributed by atoms with E-state index in [2.05, 4.69) is 12.6 Å². The van der Waals surface area contributed by atoms with E-state index in [1.54, 1.807) is 0 Å². The van der Waals surface area contributed by atoms with Crippen LogP contribution < -0.4 is 5.73 Å². The smallest absolute Gasteiger partial charge is 0.320 e. The van der Waals surface area contributed by atoms with E-state index in [1.807, 2.05) is 13.8 Å². The number of carboxylic acids is 1. The molecule has 60 valence electrons. The van der Waals surface area contributed by atoms with Crippen LogP contribution in [0.3, 0.4) is 0 Å². The number of carbonyl (C=O) groups is 1. The quantitative estimate of drug-likeness (QED) is 0.531. The molecule has 0 aliphatic rings. The van der Waals surface area contributed by atoms with Gasteiger partial charge in [-0.2, -0.15) is 12.6 Å². The lowest BCUT2D eigenvalue weighted by atomic mass is 10.0. The molecule has 0 aromatic carbocycles. The fourth-order valence-electron chi connectivity index (χ4n) is 0.625. The summed E-state index contributed by atoms with van der Waals surface area (Å²) in [5.41, 5.74) is 5.25. The van der Waals surface area contributed by atoms with Gasteiger partial charge in [-0.25, -0.2) is 0 Å². The van der Waals surface area contributed by atoms with E-state index in [9.17, 15) is 4.79 Å². The summed E-state index contributed by atoms with van der Waals surface area (Å²) >= 11 is 4.15. The third-order valence-corrected chi connectivity index (χ3v) is 1.22. The second-order valence-electron chi connectivity index (χ2n) is 2.96. The molecule has 0 radical (unpaired) electrons. The monoisotopic (exact) mass is 163 g/mol. The topological polar surface area (TPSA) is 63.3 Å². The van der Waals surface area contributed by atoms with Crippen LogP contribution in [0.1, 0.15) is 20.3 Å². The van der Waals surface area contributed by atoms with Crippen LogP contribution in [0, 0.1) is 0 Å². The highest BCUT2D eigenvalue weighted by atomic mass is 32.1. The van der Waals surface area contributed by atoms with Crippen LogP contribution in [-0.4, -0.2) is 21.9 Å². The molecule has 3 nitrogen and oxygen atoms in total. The van der Waals surface area contributed by atoms with Gasteiger partial charge in [-0.1, -0.05) is 13.8 Å². The van der Waals surface area contributed by atoms with Crippen LogP contribution in [0.5, 0.6) is 0 Å². The number of aliphatic carboxylic acids is 1. The molecule has 0 saturated heterocycles. The highest BCUT2D eigenvalue weighted by Gasteiger charge is 2.20. The van der Waals surface area contributed by atoms with Crippen LogP contribution in [0.25, 0.3) is 0 Å². The van der Waals surface area contributed by atoms with E-state index >= 15 is 0 Å². The van der Waals surface area contributed by atoms with Crippen molar-refractivity contribution < 1.29 is 9.90 Å². The molecule has 0 rings (SSSR count). The number of nitrogens with two attached hydrogens (primary N) is 1. The average Bonchev–Trinajstić information content (AvgIpc) is 1.60. The van der Waals surface area contributed by atoms with Gasteiger partial charge in [-0.3, -0.25) is 4.79 Å². The summed E-state index contributed by atoms with van der Waals surface area (Å²) in [7, 11) is 0. The lowest BCUT2D eigenvalue weighted by molar-refractivity contribution is -0.138. The largest absolute Gasteiger partial charge is 0.480 e. The first-order chi connectivity index (χ1) is 4.33. The van der Waals surface area contributed by atoms with E-state index in [-0.39, 0.29) is 4.75 Å². The standard InChI is InChI=1S/C6H13NO2S/c1-6(2,10)3-4(7)5(8)9/h4,10H,3,7H2,1-2H3,(H,8,9). The van der Waals surface area contributed by atoms with Crippen molar-refractivity contribution in [3.05, 3.63) is 0 Å². The van der Waals surface area contributed by atoms with Gasteiger partial charge in [-0.15, -0.1) is 0 Å². The highest BCUT2D eigenvalue weighted by Crippen LogP contribution is 2.17. The molecule has 1 atom stereocenters. The zero-order chi connectivity index (χ0) is 8.36. The van der Waals surface area contributed by atoms with E-state index in [0.717, 1.165) is 0 Å². The third kappa shape index (κ3) is 4.64. The summed E-state index contributed by atoms with van der Waals surface area (Å²) < 4.78 is -0.308.